The molecule has 21 heavy (non-hydrogen) atoms. The maximum absolute atomic E-state index is 11.4. The number of hydrogen-bond acceptors (Lipinski definition) is 5. The van der Waals surface area contributed by atoms with E-state index in [2.05, 4.69) is 4.90 Å². The van der Waals surface area contributed by atoms with Crippen LogP contribution in [0, 0.1) is 0 Å². The van der Waals surface area contributed by atoms with Crippen molar-refractivity contribution in [2.24, 2.45) is 5.14 Å². The van der Waals surface area contributed by atoms with Crippen LogP contribution in [-0.4, -0.2) is 39.6 Å². The van der Waals surface area contributed by atoms with Gasteiger partial charge in [0.1, 0.15) is 4.21 Å². The zero-order chi connectivity index (χ0) is 14.2. The number of primary sulfonamides is 1. The van der Waals surface area contributed by atoms with Crippen LogP contribution >= 0.6 is 23.7 Å². The first-order valence-electron chi connectivity index (χ1n) is 6.38. The molecule has 1 fully saturated rings. The molecule has 1 aromatic carbocycles. The van der Waals surface area contributed by atoms with Crippen molar-refractivity contribution in [1.82, 2.24) is 4.90 Å². The summed E-state index contributed by atoms with van der Waals surface area (Å²) in [5.74, 6) is 0. The highest BCUT2D eigenvalue weighted by Gasteiger charge is 2.14. The average molecular weight is 349 g/mol. The summed E-state index contributed by atoms with van der Waals surface area (Å²) in [5.41, 5.74) is 1.18. The van der Waals surface area contributed by atoms with Gasteiger partial charge in [0.2, 0.25) is 10.0 Å². The summed E-state index contributed by atoms with van der Waals surface area (Å²) in [4.78, 5) is 2.33. The van der Waals surface area contributed by atoms with Crippen molar-refractivity contribution >= 4 is 43.9 Å². The molecule has 0 radical (unpaired) electrons. The smallest absolute Gasteiger partial charge is 0.247 e. The summed E-state index contributed by atoms with van der Waals surface area (Å²) < 4.78 is 29.2. The van der Waals surface area contributed by atoms with Crippen molar-refractivity contribution in [3.8, 4) is 0 Å². The topological polar surface area (TPSA) is 72.6 Å². The standard InChI is InChI=1S/C13H16N2O3S2.ClH/c14-20(16,17)13-8-11-7-10(1-2-12(11)19-13)9-15-3-5-18-6-4-15;/h1-2,7-8H,3-6,9H2,(H2,14,16,17);1H. The van der Waals surface area contributed by atoms with Gasteiger partial charge in [-0.25, -0.2) is 13.6 Å². The van der Waals surface area contributed by atoms with E-state index >= 15 is 0 Å². The number of thiophene rings is 1. The van der Waals surface area contributed by atoms with Crippen molar-refractivity contribution in [1.29, 1.82) is 0 Å². The molecule has 8 heteroatoms. The first kappa shape index (κ1) is 16.7. The van der Waals surface area contributed by atoms with Gasteiger partial charge in [0.25, 0.3) is 0 Å². The third-order valence-electron chi connectivity index (χ3n) is 3.35. The maximum Gasteiger partial charge on any atom is 0.247 e. The second-order valence-corrected chi connectivity index (χ2v) is 7.74. The van der Waals surface area contributed by atoms with Gasteiger partial charge in [0, 0.05) is 24.3 Å². The Bertz CT molecular complexity index is 724. The van der Waals surface area contributed by atoms with Gasteiger partial charge in [0.15, 0.2) is 0 Å². The van der Waals surface area contributed by atoms with Crippen molar-refractivity contribution in [3.05, 3.63) is 29.8 Å². The molecule has 0 bridgehead atoms. The average Bonchev–Trinajstić information content (AvgIpc) is 2.83. The highest BCUT2D eigenvalue weighted by atomic mass is 35.5. The lowest BCUT2D eigenvalue weighted by atomic mass is 10.1. The summed E-state index contributed by atoms with van der Waals surface area (Å²) in [6.45, 7) is 4.28. The van der Waals surface area contributed by atoms with Crippen molar-refractivity contribution in [2.45, 2.75) is 10.8 Å². The monoisotopic (exact) mass is 348 g/mol. The summed E-state index contributed by atoms with van der Waals surface area (Å²) in [7, 11) is -3.61. The molecule has 5 nitrogen and oxygen atoms in total. The molecule has 1 aliphatic heterocycles. The van der Waals surface area contributed by atoms with Crippen molar-refractivity contribution in [3.63, 3.8) is 0 Å². The van der Waals surface area contributed by atoms with E-state index in [9.17, 15) is 8.42 Å². The number of ether oxygens (including phenoxy) is 1. The van der Waals surface area contributed by atoms with E-state index in [0.29, 0.717) is 0 Å². The Morgan fingerprint density at radius 1 is 1.24 bits per heavy atom. The molecule has 0 spiro atoms. The minimum Gasteiger partial charge on any atom is -0.379 e. The van der Waals surface area contributed by atoms with E-state index < -0.39 is 10.0 Å². The first-order chi connectivity index (χ1) is 9.52. The Morgan fingerprint density at radius 3 is 2.62 bits per heavy atom. The highest BCUT2D eigenvalue weighted by molar-refractivity contribution is 7.91. The Labute approximate surface area is 134 Å². The predicted octanol–water partition coefficient (Wildman–Crippen LogP) is 1.80. The second-order valence-electron chi connectivity index (χ2n) is 4.87. The zero-order valence-corrected chi connectivity index (χ0v) is 13.8. The van der Waals surface area contributed by atoms with Crippen LogP contribution in [0.1, 0.15) is 5.56 Å². The summed E-state index contributed by atoms with van der Waals surface area (Å²) in [6.07, 6.45) is 0. The van der Waals surface area contributed by atoms with Crippen LogP contribution in [0.4, 0.5) is 0 Å². The molecule has 2 heterocycles. The largest absolute Gasteiger partial charge is 0.379 e. The SMILES string of the molecule is Cl.NS(=O)(=O)c1cc2cc(CN3CCOCC3)ccc2s1. The fraction of sp³-hybridized carbons (Fsp3) is 0.385. The zero-order valence-electron chi connectivity index (χ0n) is 11.3. The third kappa shape index (κ3) is 3.94. The molecule has 2 N–H and O–H groups in total. The Balaban J connectivity index is 0.00000161. The molecule has 0 saturated carbocycles. The lowest BCUT2D eigenvalue weighted by Crippen LogP contribution is -2.35. The minimum absolute atomic E-state index is 0. The van der Waals surface area contributed by atoms with Gasteiger partial charge in [-0.05, 0) is 29.1 Å². The third-order valence-corrected chi connectivity index (χ3v) is 5.88. The number of morpholine rings is 1. The van der Waals surface area contributed by atoms with E-state index in [1.165, 1.54) is 16.9 Å². The lowest BCUT2D eigenvalue weighted by molar-refractivity contribution is 0.0342. The molecule has 0 atom stereocenters. The number of hydrogen-bond donors (Lipinski definition) is 1. The molecule has 1 aromatic heterocycles. The first-order valence-corrected chi connectivity index (χ1v) is 8.74. The van der Waals surface area contributed by atoms with Gasteiger partial charge in [-0.3, -0.25) is 4.90 Å². The fourth-order valence-corrected chi connectivity index (χ4v) is 4.12. The number of nitrogens with two attached hydrogens (primary N) is 1. The van der Waals surface area contributed by atoms with Gasteiger partial charge in [0.05, 0.1) is 13.2 Å². The number of halogens is 1. The van der Waals surface area contributed by atoms with Crippen LogP contribution in [0.2, 0.25) is 0 Å². The molecule has 0 amide bonds. The normalized spacial score (nSPS) is 16.8. The number of nitrogens with zero attached hydrogens (tertiary/aromatic N) is 1. The summed E-state index contributed by atoms with van der Waals surface area (Å²) in [6, 6.07) is 7.69. The van der Waals surface area contributed by atoms with E-state index in [4.69, 9.17) is 9.88 Å². The number of sulfonamides is 1. The number of rotatable bonds is 3. The van der Waals surface area contributed by atoms with Crippen LogP contribution in [-0.2, 0) is 21.3 Å². The predicted molar refractivity (Wildman–Crippen MR) is 86.5 cm³/mol. The van der Waals surface area contributed by atoms with E-state index in [1.807, 2.05) is 18.2 Å². The molecule has 116 valence electrons. The van der Waals surface area contributed by atoms with E-state index in [0.717, 1.165) is 42.9 Å². The Hall–Kier alpha value is -0.700. The molecule has 0 unspecified atom stereocenters. The molecule has 0 aliphatic carbocycles. The van der Waals surface area contributed by atoms with Crippen LogP contribution in [0.5, 0.6) is 0 Å². The van der Waals surface area contributed by atoms with Crippen LogP contribution in [0.25, 0.3) is 10.1 Å². The van der Waals surface area contributed by atoms with Gasteiger partial charge < -0.3 is 4.74 Å². The van der Waals surface area contributed by atoms with Gasteiger partial charge >= 0.3 is 0 Å². The van der Waals surface area contributed by atoms with Crippen LogP contribution in [0.15, 0.2) is 28.5 Å². The second kappa shape index (κ2) is 6.60. The van der Waals surface area contributed by atoms with Crippen molar-refractivity contribution in [2.75, 3.05) is 26.3 Å². The van der Waals surface area contributed by atoms with Gasteiger partial charge in [-0.2, -0.15) is 0 Å². The minimum atomic E-state index is -3.61. The summed E-state index contributed by atoms with van der Waals surface area (Å²) >= 11 is 1.21. The Morgan fingerprint density at radius 2 is 1.95 bits per heavy atom. The summed E-state index contributed by atoms with van der Waals surface area (Å²) in [5, 5.41) is 6.10. The van der Waals surface area contributed by atoms with Gasteiger partial charge in [-0.1, -0.05) is 6.07 Å². The maximum atomic E-state index is 11.4. The highest BCUT2D eigenvalue weighted by Crippen LogP contribution is 2.29. The van der Waals surface area contributed by atoms with Gasteiger partial charge in [-0.15, -0.1) is 23.7 Å². The number of benzene rings is 1. The Kier molecular flexibility index (Phi) is 5.24. The van der Waals surface area contributed by atoms with E-state index in [-0.39, 0.29) is 16.6 Å². The molecule has 3 rings (SSSR count). The van der Waals surface area contributed by atoms with Crippen LogP contribution in [0.3, 0.4) is 0 Å². The lowest BCUT2D eigenvalue weighted by Gasteiger charge is -2.26. The van der Waals surface area contributed by atoms with Crippen LogP contribution < -0.4 is 5.14 Å². The molecule has 2 aromatic rings. The molecule has 1 saturated heterocycles. The fourth-order valence-electron chi connectivity index (χ4n) is 2.32. The quantitative estimate of drug-likeness (QED) is 0.918. The molecule has 1 aliphatic rings. The molecular weight excluding hydrogens is 332 g/mol. The molecular formula is C13H17ClN2O3S2. The van der Waals surface area contributed by atoms with Crippen molar-refractivity contribution < 1.29 is 13.2 Å². The van der Waals surface area contributed by atoms with E-state index in [1.54, 1.807) is 6.07 Å². The number of fused-ring (bicyclic) bond motifs is 1.